The van der Waals surface area contributed by atoms with Gasteiger partial charge >= 0.3 is 0 Å². The van der Waals surface area contributed by atoms with Gasteiger partial charge in [0.15, 0.2) is 0 Å². The lowest BCUT2D eigenvalue weighted by Crippen LogP contribution is -2.38. The highest BCUT2D eigenvalue weighted by atomic mass is 15.0. The Kier molecular flexibility index (Phi) is 6.02. The lowest BCUT2D eigenvalue weighted by Gasteiger charge is -2.20. The quantitative estimate of drug-likeness (QED) is 0.820. The summed E-state index contributed by atoms with van der Waals surface area (Å²) in [6, 6.07) is 9.99. The molecule has 2 N–H and O–H groups in total. The standard InChI is InChI=1S/C17H30N2/c1-13(2)18-11-14(3)19-12-15-7-9-16(10-8-15)17(4,5)6/h7-10,13-14,18-19H,11-12H2,1-6H3. The first-order chi connectivity index (χ1) is 8.79. The summed E-state index contributed by atoms with van der Waals surface area (Å²) in [6.45, 7) is 15.3. The number of nitrogens with one attached hydrogen (secondary N) is 2. The third-order valence-corrected chi connectivity index (χ3v) is 3.31. The number of benzene rings is 1. The summed E-state index contributed by atoms with van der Waals surface area (Å²) in [6.07, 6.45) is 0. The summed E-state index contributed by atoms with van der Waals surface area (Å²) in [5, 5.41) is 7.00. The molecule has 0 amide bonds. The Labute approximate surface area is 119 Å². The summed E-state index contributed by atoms with van der Waals surface area (Å²) in [7, 11) is 0. The molecule has 1 rings (SSSR count). The van der Waals surface area contributed by atoms with E-state index in [1.54, 1.807) is 0 Å². The fourth-order valence-corrected chi connectivity index (χ4v) is 1.90. The van der Waals surface area contributed by atoms with Crippen molar-refractivity contribution in [2.45, 2.75) is 65.6 Å². The predicted octanol–water partition coefficient (Wildman–Crippen LogP) is 3.46. The summed E-state index contributed by atoms with van der Waals surface area (Å²) in [5.74, 6) is 0. The second-order valence-corrected chi connectivity index (χ2v) is 6.79. The van der Waals surface area contributed by atoms with Crippen LogP contribution in [-0.2, 0) is 12.0 Å². The van der Waals surface area contributed by atoms with E-state index in [-0.39, 0.29) is 5.41 Å². The molecule has 0 aliphatic carbocycles. The maximum absolute atomic E-state index is 3.55. The van der Waals surface area contributed by atoms with Gasteiger partial charge in [-0.2, -0.15) is 0 Å². The average Bonchev–Trinajstić information content (AvgIpc) is 2.33. The van der Waals surface area contributed by atoms with Gasteiger partial charge in [0.1, 0.15) is 0 Å². The van der Waals surface area contributed by atoms with Crippen molar-refractivity contribution < 1.29 is 0 Å². The Balaban J connectivity index is 2.42. The summed E-state index contributed by atoms with van der Waals surface area (Å²) >= 11 is 0. The zero-order chi connectivity index (χ0) is 14.5. The first-order valence-electron chi connectivity index (χ1n) is 7.35. The van der Waals surface area contributed by atoms with Crippen molar-refractivity contribution in [1.29, 1.82) is 0 Å². The molecular formula is C17H30N2. The Morgan fingerprint density at radius 2 is 1.53 bits per heavy atom. The molecule has 1 aromatic rings. The third-order valence-electron chi connectivity index (χ3n) is 3.31. The Morgan fingerprint density at radius 3 is 2.00 bits per heavy atom. The van der Waals surface area contributed by atoms with Crippen molar-refractivity contribution in [3.05, 3.63) is 35.4 Å². The van der Waals surface area contributed by atoms with Gasteiger partial charge in [0.25, 0.3) is 0 Å². The smallest absolute Gasteiger partial charge is 0.0208 e. The SMILES string of the molecule is CC(C)NCC(C)NCc1ccc(C(C)(C)C)cc1. The molecular weight excluding hydrogens is 232 g/mol. The van der Waals surface area contributed by atoms with Gasteiger partial charge in [-0.3, -0.25) is 0 Å². The Bertz CT molecular complexity index is 360. The van der Waals surface area contributed by atoms with E-state index in [0.29, 0.717) is 12.1 Å². The van der Waals surface area contributed by atoms with Gasteiger partial charge in [0.05, 0.1) is 0 Å². The Hall–Kier alpha value is -0.860. The van der Waals surface area contributed by atoms with E-state index < -0.39 is 0 Å². The molecule has 108 valence electrons. The Morgan fingerprint density at radius 1 is 0.947 bits per heavy atom. The maximum atomic E-state index is 3.55. The van der Waals surface area contributed by atoms with Gasteiger partial charge < -0.3 is 10.6 Å². The van der Waals surface area contributed by atoms with Crippen molar-refractivity contribution >= 4 is 0 Å². The molecule has 0 saturated heterocycles. The lowest BCUT2D eigenvalue weighted by molar-refractivity contribution is 0.474. The molecule has 1 aromatic carbocycles. The number of rotatable bonds is 6. The van der Waals surface area contributed by atoms with Gasteiger partial charge in [-0.25, -0.2) is 0 Å². The lowest BCUT2D eigenvalue weighted by atomic mass is 9.87. The third kappa shape index (κ3) is 6.22. The van der Waals surface area contributed by atoms with Gasteiger partial charge in [0.2, 0.25) is 0 Å². The van der Waals surface area contributed by atoms with Crippen LogP contribution < -0.4 is 10.6 Å². The van der Waals surface area contributed by atoms with Crippen LogP contribution in [0.25, 0.3) is 0 Å². The highest BCUT2D eigenvalue weighted by molar-refractivity contribution is 5.27. The van der Waals surface area contributed by atoms with Crippen LogP contribution in [0.4, 0.5) is 0 Å². The normalized spacial score (nSPS) is 13.8. The van der Waals surface area contributed by atoms with E-state index >= 15 is 0 Å². The molecule has 2 heteroatoms. The topological polar surface area (TPSA) is 24.1 Å². The van der Waals surface area contributed by atoms with Crippen LogP contribution in [0.3, 0.4) is 0 Å². The predicted molar refractivity (Wildman–Crippen MR) is 84.6 cm³/mol. The van der Waals surface area contributed by atoms with Crippen molar-refractivity contribution in [1.82, 2.24) is 10.6 Å². The number of hydrogen-bond donors (Lipinski definition) is 2. The number of hydrogen-bond acceptors (Lipinski definition) is 2. The van der Waals surface area contributed by atoms with Crippen LogP contribution in [0.5, 0.6) is 0 Å². The van der Waals surface area contributed by atoms with E-state index in [1.807, 2.05) is 0 Å². The molecule has 0 bridgehead atoms. The van der Waals surface area contributed by atoms with Crippen molar-refractivity contribution in [2.24, 2.45) is 0 Å². The van der Waals surface area contributed by atoms with Crippen molar-refractivity contribution in [3.8, 4) is 0 Å². The fraction of sp³-hybridized carbons (Fsp3) is 0.647. The molecule has 0 saturated carbocycles. The van der Waals surface area contributed by atoms with E-state index in [4.69, 9.17) is 0 Å². The largest absolute Gasteiger partial charge is 0.313 e. The van der Waals surface area contributed by atoms with E-state index in [2.05, 4.69) is 76.4 Å². The minimum atomic E-state index is 0.237. The van der Waals surface area contributed by atoms with Crippen LogP contribution in [0.1, 0.15) is 52.7 Å². The first kappa shape index (κ1) is 16.2. The molecule has 0 heterocycles. The van der Waals surface area contributed by atoms with E-state index in [9.17, 15) is 0 Å². The summed E-state index contributed by atoms with van der Waals surface area (Å²) in [5.41, 5.74) is 2.98. The second kappa shape index (κ2) is 7.06. The molecule has 1 unspecified atom stereocenters. The summed E-state index contributed by atoms with van der Waals surface area (Å²) in [4.78, 5) is 0. The van der Waals surface area contributed by atoms with Crippen LogP contribution >= 0.6 is 0 Å². The van der Waals surface area contributed by atoms with Gasteiger partial charge in [-0.15, -0.1) is 0 Å². The second-order valence-electron chi connectivity index (χ2n) is 6.79. The van der Waals surface area contributed by atoms with Crippen molar-refractivity contribution in [3.63, 3.8) is 0 Å². The van der Waals surface area contributed by atoms with Crippen LogP contribution in [0, 0.1) is 0 Å². The van der Waals surface area contributed by atoms with Crippen LogP contribution in [0.15, 0.2) is 24.3 Å². The zero-order valence-corrected chi connectivity index (χ0v) is 13.4. The van der Waals surface area contributed by atoms with Crippen LogP contribution in [-0.4, -0.2) is 18.6 Å². The molecule has 0 fully saturated rings. The highest BCUT2D eigenvalue weighted by Gasteiger charge is 2.12. The fourth-order valence-electron chi connectivity index (χ4n) is 1.90. The van der Waals surface area contributed by atoms with Crippen LogP contribution in [0.2, 0.25) is 0 Å². The molecule has 0 aliphatic rings. The molecule has 19 heavy (non-hydrogen) atoms. The van der Waals surface area contributed by atoms with Gasteiger partial charge in [-0.1, -0.05) is 58.9 Å². The maximum Gasteiger partial charge on any atom is 0.0208 e. The average molecular weight is 262 g/mol. The molecule has 0 spiro atoms. The van der Waals surface area contributed by atoms with Crippen molar-refractivity contribution in [2.75, 3.05) is 6.54 Å². The highest BCUT2D eigenvalue weighted by Crippen LogP contribution is 2.22. The summed E-state index contributed by atoms with van der Waals surface area (Å²) < 4.78 is 0. The minimum absolute atomic E-state index is 0.237. The zero-order valence-electron chi connectivity index (χ0n) is 13.4. The van der Waals surface area contributed by atoms with E-state index in [1.165, 1.54) is 11.1 Å². The molecule has 0 aromatic heterocycles. The monoisotopic (exact) mass is 262 g/mol. The van der Waals surface area contributed by atoms with Gasteiger partial charge in [0, 0.05) is 25.2 Å². The molecule has 0 aliphatic heterocycles. The minimum Gasteiger partial charge on any atom is -0.313 e. The molecule has 1 atom stereocenters. The molecule has 2 nitrogen and oxygen atoms in total. The molecule has 0 radical (unpaired) electrons. The first-order valence-corrected chi connectivity index (χ1v) is 7.35. The van der Waals surface area contributed by atoms with E-state index in [0.717, 1.165) is 13.1 Å². The van der Waals surface area contributed by atoms with Gasteiger partial charge in [-0.05, 0) is 23.5 Å².